The lowest BCUT2D eigenvalue weighted by Gasteiger charge is -2.38. The summed E-state index contributed by atoms with van der Waals surface area (Å²) in [6.07, 6.45) is 1.02. The van der Waals surface area contributed by atoms with E-state index in [1.54, 1.807) is 18.2 Å². The molecule has 1 aliphatic rings. The van der Waals surface area contributed by atoms with E-state index in [0.717, 1.165) is 0 Å². The standard InChI is InChI=1S/C18H17F3N2O2/c19-15-6-2-1-5-14(15)17(24)23-10-8-18(20,21)13(11-23)12-25-16-7-3-4-9-22-16/h1-7,9,13H,8,10-12H2. The molecular weight excluding hydrogens is 333 g/mol. The van der Waals surface area contributed by atoms with Gasteiger partial charge in [0.05, 0.1) is 11.5 Å². The first kappa shape index (κ1) is 17.3. The van der Waals surface area contributed by atoms with Crippen LogP contribution in [0.1, 0.15) is 16.8 Å². The molecule has 1 amide bonds. The SMILES string of the molecule is O=C(c1ccccc1F)N1CCC(F)(F)C(COc2ccccn2)C1. The maximum atomic E-state index is 14.2. The summed E-state index contributed by atoms with van der Waals surface area (Å²) in [4.78, 5) is 17.6. The first-order valence-corrected chi connectivity index (χ1v) is 7.93. The molecule has 3 rings (SSSR count). The highest BCUT2D eigenvalue weighted by Gasteiger charge is 2.45. The Kier molecular flexibility index (Phi) is 4.92. The lowest BCUT2D eigenvalue weighted by Crippen LogP contribution is -2.51. The molecule has 25 heavy (non-hydrogen) atoms. The molecule has 1 aromatic carbocycles. The number of hydrogen-bond donors (Lipinski definition) is 0. The molecule has 4 nitrogen and oxygen atoms in total. The number of piperidine rings is 1. The molecule has 0 bridgehead atoms. The maximum absolute atomic E-state index is 14.2. The van der Waals surface area contributed by atoms with Crippen LogP contribution in [0.4, 0.5) is 13.2 Å². The molecule has 1 aliphatic heterocycles. The second kappa shape index (κ2) is 7.13. The molecule has 0 radical (unpaired) electrons. The van der Waals surface area contributed by atoms with E-state index in [0.29, 0.717) is 0 Å². The van der Waals surface area contributed by atoms with E-state index in [1.807, 2.05) is 0 Å². The number of likely N-dealkylation sites (tertiary alicyclic amines) is 1. The van der Waals surface area contributed by atoms with Crippen molar-refractivity contribution >= 4 is 5.91 Å². The van der Waals surface area contributed by atoms with Gasteiger partial charge in [-0.15, -0.1) is 0 Å². The van der Waals surface area contributed by atoms with Crippen LogP contribution in [0.3, 0.4) is 0 Å². The Morgan fingerprint density at radius 2 is 2.00 bits per heavy atom. The van der Waals surface area contributed by atoms with Crippen molar-refractivity contribution in [1.29, 1.82) is 0 Å². The van der Waals surface area contributed by atoms with Crippen molar-refractivity contribution in [3.63, 3.8) is 0 Å². The highest BCUT2D eigenvalue weighted by Crippen LogP contribution is 2.34. The molecule has 0 saturated carbocycles. The molecule has 0 aliphatic carbocycles. The number of nitrogens with zero attached hydrogens (tertiary/aromatic N) is 2. The smallest absolute Gasteiger partial charge is 0.257 e. The second-order valence-corrected chi connectivity index (χ2v) is 5.92. The number of halogens is 3. The van der Waals surface area contributed by atoms with Crippen molar-refractivity contribution in [2.45, 2.75) is 12.3 Å². The van der Waals surface area contributed by atoms with E-state index in [9.17, 15) is 18.0 Å². The Labute approximate surface area is 143 Å². The molecule has 1 unspecified atom stereocenters. The molecule has 1 fully saturated rings. The Morgan fingerprint density at radius 1 is 1.24 bits per heavy atom. The first-order chi connectivity index (χ1) is 12.0. The van der Waals surface area contributed by atoms with Crippen LogP contribution in [0.25, 0.3) is 0 Å². The van der Waals surface area contributed by atoms with Crippen LogP contribution < -0.4 is 4.74 Å². The van der Waals surface area contributed by atoms with Crippen molar-refractivity contribution in [2.24, 2.45) is 5.92 Å². The summed E-state index contributed by atoms with van der Waals surface area (Å²) in [5, 5.41) is 0. The van der Waals surface area contributed by atoms with Gasteiger partial charge in [-0.25, -0.2) is 18.2 Å². The molecular formula is C18H17F3N2O2. The zero-order valence-corrected chi connectivity index (χ0v) is 13.4. The number of ether oxygens (including phenoxy) is 1. The zero-order valence-electron chi connectivity index (χ0n) is 13.4. The van der Waals surface area contributed by atoms with E-state index < -0.39 is 30.0 Å². The first-order valence-electron chi connectivity index (χ1n) is 7.93. The Hall–Kier alpha value is -2.57. The summed E-state index contributed by atoms with van der Waals surface area (Å²) >= 11 is 0. The zero-order chi connectivity index (χ0) is 17.9. The number of aromatic nitrogens is 1. The molecule has 132 valence electrons. The van der Waals surface area contributed by atoms with E-state index in [2.05, 4.69) is 4.98 Å². The van der Waals surface area contributed by atoms with Crippen molar-refractivity contribution in [2.75, 3.05) is 19.7 Å². The quantitative estimate of drug-likeness (QED) is 0.849. The van der Waals surface area contributed by atoms with Gasteiger partial charge in [-0.05, 0) is 18.2 Å². The second-order valence-electron chi connectivity index (χ2n) is 5.92. The van der Waals surface area contributed by atoms with Crippen LogP contribution in [-0.4, -0.2) is 41.4 Å². The van der Waals surface area contributed by atoms with Crippen LogP contribution in [0, 0.1) is 11.7 Å². The number of carbonyl (C=O) groups excluding carboxylic acids is 1. The van der Waals surface area contributed by atoms with Gasteiger partial charge in [0.1, 0.15) is 12.4 Å². The van der Waals surface area contributed by atoms with Gasteiger partial charge in [0.2, 0.25) is 5.88 Å². The summed E-state index contributed by atoms with van der Waals surface area (Å²) in [7, 11) is 0. The van der Waals surface area contributed by atoms with Crippen molar-refractivity contribution in [3.8, 4) is 5.88 Å². The number of carbonyl (C=O) groups is 1. The lowest BCUT2D eigenvalue weighted by molar-refractivity contribution is -0.110. The third-order valence-electron chi connectivity index (χ3n) is 4.21. The summed E-state index contributed by atoms with van der Waals surface area (Å²) in [6.45, 7) is -0.599. The minimum atomic E-state index is -2.96. The molecule has 7 heteroatoms. The number of alkyl halides is 2. The fourth-order valence-corrected chi connectivity index (χ4v) is 2.76. The highest BCUT2D eigenvalue weighted by atomic mass is 19.3. The van der Waals surface area contributed by atoms with Crippen LogP contribution in [0.2, 0.25) is 0 Å². The van der Waals surface area contributed by atoms with Crippen LogP contribution in [0.5, 0.6) is 5.88 Å². The Balaban J connectivity index is 1.70. The minimum absolute atomic E-state index is 0.114. The number of benzene rings is 1. The van der Waals surface area contributed by atoms with E-state index in [-0.39, 0.29) is 31.1 Å². The van der Waals surface area contributed by atoms with Gasteiger partial charge in [0, 0.05) is 31.8 Å². The fraction of sp³-hybridized carbons (Fsp3) is 0.333. The molecule has 2 aromatic rings. The van der Waals surface area contributed by atoms with Gasteiger partial charge in [-0.1, -0.05) is 18.2 Å². The van der Waals surface area contributed by atoms with Gasteiger partial charge >= 0.3 is 0 Å². The van der Waals surface area contributed by atoms with Gasteiger partial charge in [-0.2, -0.15) is 0 Å². The van der Waals surface area contributed by atoms with Crippen LogP contribution in [-0.2, 0) is 0 Å². The predicted molar refractivity (Wildman–Crippen MR) is 85.1 cm³/mol. The van der Waals surface area contributed by atoms with Gasteiger partial charge in [0.25, 0.3) is 11.8 Å². The normalized spacial score (nSPS) is 19.5. The Bertz CT molecular complexity index is 740. The molecule has 1 atom stereocenters. The predicted octanol–water partition coefficient (Wildman–Crippen LogP) is 3.40. The monoisotopic (exact) mass is 350 g/mol. The largest absolute Gasteiger partial charge is 0.477 e. The number of pyridine rings is 1. The van der Waals surface area contributed by atoms with Gasteiger partial charge in [-0.3, -0.25) is 4.79 Å². The summed E-state index contributed by atoms with van der Waals surface area (Å²) in [5.41, 5.74) is -0.114. The van der Waals surface area contributed by atoms with Crippen molar-refractivity contribution in [1.82, 2.24) is 9.88 Å². The number of hydrogen-bond acceptors (Lipinski definition) is 3. The average molecular weight is 350 g/mol. The molecule has 2 heterocycles. The summed E-state index contributed by atoms with van der Waals surface area (Å²) in [5.74, 6) is -5.14. The van der Waals surface area contributed by atoms with Gasteiger partial charge in [0.15, 0.2) is 0 Å². The molecule has 1 aromatic heterocycles. The third-order valence-corrected chi connectivity index (χ3v) is 4.21. The molecule has 1 saturated heterocycles. The topological polar surface area (TPSA) is 42.4 Å². The number of rotatable bonds is 4. The highest BCUT2D eigenvalue weighted by molar-refractivity contribution is 5.94. The Morgan fingerprint density at radius 3 is 2.72 bits per heavy atom. The maximum Gasteiger partial charge on any atom is 0.257 e. The van der Waals surface area contributed by atoms with Crippen LogP contribution >= 0.6 is 0 Å². The van der Waals surface area contributed by atoms with E-state index in [1.165, 1.54) is 35.4 Å². The third kappa shape index (κ3) is 3.92. The van der Waals surface area contributed by atoms with Gasteiger partial charge < -0.3 is 9.64 Å². The minimum Gasteiger partial charge on any atom is -0.477 e. The average Bonchev–Trinajstić information content (AvgIpc) is 2.61. The molecule has 0 spiro atoms. The lowest BCUT2D eigenvalue weighted by atomic mass is 9.93. The summed E-state index contributed by atoms with van der Waals surface area (Å²) in [6, 6.07) is 10.5. The van der Waals surface area contributed by atoms with E-state index >= 15 is 0 Å². The molecule has 0 N–H and O–H groups in total. The van der Waals surface area contributed by atoms with Crippen LogP contribution in [0.15, 0.2) is 48.7 Å². The summed E-state index contributed by atoms with van der Waals surface area (Å²) < 4.78 is 47.5. The van der Waals surface area contributed by atoms with Crippen molar-refractivity contribution in [3.05, 3.63) is 60.0 Å². The van der Waals surface area contributed by atoms with Crippen molar-refractivity contribution < 1.29 is 22.7 Å². The number of amides is 1. The fourth-order valence-electron chi connectivity index (χ4n) is 2.76. The van der Waals surface area contributed by atoms with E-state index in [4.69, 9.17) is 4.74 Å².